The van der Waals surface area contributed by atoms with Gasteiger partial charge in [-0.05, 0) is 42.5 Å². The van der Waals surface area contributed by atoms with Crippen molar-refractivity contribution in [3.05, 3.63) is 47.7 Å². The fourth-order valence-electron chi connectivity index (χ4n) is 2.11. The molecule has 94 valence electrons. The number of hydrogen-bond acceptors (Lipinski definition) is 2. The fraction of sp³-hybridized carbons (Fsp3) is 0.312. The van der Waals surface area contributed by atoms with E-state index in [9.17, 15) is 0 Å². The highest BCUT2D eigenvalue weighted by atomic mass is 14.8. The van der Waals surface area contributed by atoms with Crippen LogP contribution < -0.4 is 5.73 Å². The van der Waals surface area contributed by atoms with Crippen molar-refractivity contribution in [3.63, 3.8) is 0 Å². The van der Waals surface area contributed by atoms with Crippen LogP contribution in [0.15, 0.2) is 36.5 Å². The maximum atomic E-state index is 5.67. The lowest BCUT2D eigenvalue weighted by molar-refractivity contribution is 0.795. The van der Waals surface area contributed by atoms with Crippen molar-refractivity contribution < 1.29 is 0 Å². The molecular weight excluding hydrogens is 220 g/mol. The zero-order valence-electron chi connectivity index (χ0n) is 11.1. The number of benzene rings is 1. The standard InChI is InChI=1S/C16H20N2/c1-3-4-5-13-6-8-14(9-7-13)15-11-18-16(17)10-12(15)2/h6-11H,3-5H2,1-2H3,(H2,17,18). The second-order valence-corrected chi connectivity index (χ2v) is 4.72. The molecule has 18 heavy (non-hydrogen) atoms. The minimum Gasteiger partial charge on any atom is -0.384 e. The Labute approximate surface area is 109 Å². The highest BCUT2D eigenvalue weighted by Gasteiger charge is 2.03. The summed E-state index contributed by atoms with van der Waals surface area (Å²) in [5.74, 6) is 0.579. The van der Waals surface area contributed by atoms with Crippen LogP contribution in [0.3, 0.4) is 0 Å². The van der Waals surface area contributed by atoms with Crippen LogP contribution in [0.2, 0.25) is 0 Å². The Morgan fingerprint density at radius 2 is 1.89 bits per heavy atom. The first kappa shape index (κ1) is 12.6. The first-order chi connectivity index (χ1) is 8.70. The lowest BCUT2D eigenvalue weighted by Crippen LogP contribution is -1.93. The summed E-state index contributed by atoms with van der Waals surface area (Å²) in [6.07, 6.45) is 5.51. The average Bonchev–Trinajstić information content (AvgIpc) is 2.37. The van der Waals surface area contributed by atoms with E-state index in [-0.39, 0.29) is 0 Å². The Balaban J connectivity index is 2.23. The average molecular weight is 240 g/mol. The summed E-state index contributed by atoms with van der Waals surface area (Å²) in [4.78, 5) is 4.17. The quantitative estimate of drug-likeness (QED) is 0.877. The maximum absolute atomic E-state index is 5.67. The molecule has 0 amide bonds. The minimum absolute atomic E-state index is 0.579. The molecule has 0 fully saturated rings. The molecule has 0 radical (unpaired) electrons. The van der Waals surface area contributed by atoms with E-state index in [1.807, 2.05) is 12.3 Å². The molecule has 2 N–H and O–H groups in total. The summed E-state index contributed by atoms with van der Waals surface area (Å²) in [6, 6.07) is 10.7. The van der Waals surface area contributed by atoms with Gasteiger partial charge in [-0.2, -0.15) is 0 Å². The van der Waals surface area contributed by atoms with Crippen LogP contribution in [0, 0.1) is 6.92 Å². The lowest BCUT2D eigenvalue weighted by atomic mass is 10.00. The number of nitrogens with zero attached hydrogens (tertiary/aromatic N) is 1. The second-order valence-electron chi connectivity index (χ2n) is 4.72. The lowest BCUT2D eigenvalue weighted by Gasteiger charge is -2.07. The molecule has 2 rings (SSSR count). The van der Waals surface area contributed by atoms with Crippen molar-refractivity contribution in [2.45, 2.75) is 33.1 Å². The number of aryl methyl sites for hydroxylation is 2. The van der Waals surface area contributed by atoms with Gasteiger partial charge in [-0.25, -0.2) is 4.98 Å². The van der Waals surface area contributed by atoms with Gasteiger partial charge in [-0.3, -0.25) is 0 Å². The molecule has 0 aliphatic carbocycles. The Bertz CT molecular complexity index is 515. The van der Waals surface area contributed by atoms with E-state index in [2.05, 4.69) is 43.1 Å². The Morgan fingerprint density at radius 1 is 1.17 bits per heavy atom. The number of hydrogen-bond donors (Lipinski definition) is 1. The number of aromatic nitrogens is 1. The normalized spacial score (nSPS) is 10.6. The smallest absolute Gasteiger partial charge is 0.123 e. The zero-order valence-corrected chi connectivity index (χ0v) is 11.1. The summed E-state index contributed by atoms with van der Waals surface area (Å²) in [7, 11) is 0. The fourth-order valence-corrected chi connectivity index (χ4v) is 2.11. The van der Waals surface area contributed by atoms with E-state index < -0.39 is 0 Å². The molecule has 0 aliphatic heterocycles. The number of rotatable bonds is 4. The van der Waals surface area contributed by atoms with Gasteiger partial charge in [0.2, 0.25) is 0 Å². The maximum Gasteiger partial charge on any atom is 0.123 e. The van der Waals surface area contributed by atoms with Crippen molar-refractivity contribution in [1.82, 2.24) is 4.98 Å². The van der Waals surface area contributed by atoms with Crippen LogP contribution >= 0.6 is 0 Å². The van der Waals surface area contributed by atoms with Crippen LogP contribution in [-0.2, 0) is 6.42 Å². The Morgan fingerprint density at radius 3 is 2.50 bits per heavy atom. The van der Waals surface area contributed by atoms with Crippen molar-refractivity contribution in [1.29, 1.82) is 0 Å². The molecule has 2 heteroatoms. The molecule has 1 aromatic carbocycles. The minimum atomic E-state index is 0.579. The monoisotopic (exact) mass is 240 g/mol. The summed E-state index contributed by atoms with van der Waals surface area (Å²) >= 11 is 0. The molecule has 0 saturated carbocycles. The van der Waals surface area contributed by atoms with Crippen molar-refractivity contribution >= 4 is 5.82 Å². The topological polar surface area (TPSA) is 38.9 Å². The van der Waals surface area contributed by atoms with Gasteiger partial charge in [0.25, 0.3) is 0 Å². The molecule has 0 aliphatic rings. The summed E-state index contributed by atoms with van der Waals surface area (Å²) < 4.78 is 0. The van der Waals surface area contributed by atoms with Crippen molar-refractivity contribution in [2.75, 3.05) is 5.73 Å². The number of pyridine rings is 1. The van der Waals surface area contributed by atoms with Gasteiger partial charge in [0.1, 0.15) is 5.82 Å². The van der Waals surface area contributed by atoms with Gasteiger partial charge >= 0.3 is 0 Å². The third-order valence-electron chi connectivity index (χ3n) is 3.22. The van der Waals surface area contributed by atoms with Gasteiger partial charge in [0, 0.05) is 11.8 Å². The van der Waals surface area contributed by atoms with Crippen LogP contribution in [0.1, 0.15) is 30.9 Å². The van der Waals surface area contributed by atoms with E-state index in [1.165, 1.54) is 29.5 Å². The van der Waals surface area contributed by atoms with E-state index in [0.29, 0.717) is 5.82 Å². The highest BCUT2D eigenvalue weighted by Crippen LogP contribution is 2.24. The largest absolute Gasteiger partial charge is 0.384 e. The summed E-state index contributed by atoms with van der Waals surface area (Å²) in [5.41, 5.74) is 10.6. The Kier molecular flexibility index (Phi) is 3.98. The molecule has 1 aromatic heterocycles. The second kappa shape index (κ2) is 5.67. The zero-order chi connectivity index (χ0) is 13.0. The Hall–Kier alpha value is -1.83. The van der Waals surface area contributed by atoms with Gasteiger partial charge in [0.15, 0.2) is 0 Å². The molecule has 2 aromatic rings. The molecule has 1 heterocycles. The summed E-state index contributed by atoms with van der Waals surface area (Å²) in [6.45, 7) is 4.29. The van der Waals surface area contributed by atoms with Crippen molar-refractivity contribution in [3.8, 4) is 11.1 Å². The number of nitrogens with two attached hydrogens (primary N) is 1. The van der Waals surface area contributed by atoms with Crippen LogP contribution in [0.4, 0.5) is 5.82 Å². The van der Waals surface area contributed by atoms with Crippen LogP contribution in [0.25, 0.3) is 11.1 Å². The van der Waals surface area contributed by atoms with E-state index in [0.717, 1.165) is 12.0 Å². The highest BCUT2D eigenvalue weighted by molar-refractivity contribution is 5.67. The number of unbranched alkanes of at least 4 members (excludes halogenated alkanes) is 1. The molecule has 0 bridgehead atoms. The van der Waals surface area contributed by atoms with Gasteiger partial charge < -0.3 is 5.73 Å². The van der Waals surface area contributed by atoms with Gasteiger partial charge in [-0.15, -0.1) is 0 Å². The number of anilines is 1. The van der Waals surface area contributed by atoms with E-state index in [1.54, 1.807) is 0 Å². The van der Waals surface area contributed by atoms with Gasteiger partial charge in [-0.1, -0.05) is 37.6 Å². The first-order valence-electron chi connectivity index (χ1n) is 6.52. The SMILES string of the molecule is CCCCc1ccc(-c2cnc(N)cc2C)cc1. The van der Waals surface area contributed by atoms with E-state index in [4.69, 9.17) is 5.73 Å². The van der Waals surface area contributed by atoms with E-state index >= 15 is 0 Å². The third-order valence-corrected chi connectivity index (χ3v) is 3.22. The predicted molar refractivity (Wildman–Crippen MR) is 77.4 cm³/mol. The molecule has 0 saturated heterocycles. The van der Waals surface area contributed by atoms with Crippen LogP contribution in [-0.4, -0.2) is 4.98 Å². The molecular formula is C16H20N2. The third kappa shape index (κ3) is 2.89. The first-order valence-corrected chi connectivity index (χ1v) is 6.52. The van der Waals surface area contributed by atoms with Gasteiger partial charge in [0.05, 0.1) is 0 Å². The molecule has 0 atom stereocenters. The predicted octanol–water partition coefficient (Wildman–Crippen LogP) is 3.98. The van der Waals surface area contributed by atoms with Crippen molar-refractivity contribution in [2.24, 2.45) is 0 Å². The molecule has 0 unspecified atom stereocenters. The molecule has 0 spiro atoms. The summed E-state index contributed by atoms with van der Waals surface area (Å²) in [5, 5.41) is 0. The van der Waals surface area contributed by atoms with Crippen LogP contribution in [0.5, 0.6) is 0 Å². The number of nitrogen functional groups attached to an aromatic ring is 1. The molecule has 2 nitrogen and oxygen atoms in total.